The molecule has 122 valence electrons. The van der Waals surface area contributed by atoms with Gasteiger partial charge in [-0.2, -0.15) is 0 Å². The van der Waals surface area contributed by atoms with Crippen LogP contribution in [0, 0.1) is 0 Å². The number of halogens is 3. The molecule has 1 amide bonds. The quantitative estimate of drug-likeness (QED) is 0.711. The highest BCUT2D eigenvalue weighted by Crippen LogP contribution is 2.25. The molecule has 3 nitrogen and oxygen atoms in total. The lowest BCUT2D eigenvalue weighted by atomic mass is 10.1. The molecule has 0 spiro atoms. The average molecular weight is 373 g/mol. The maximum atomic E-state index is 11.8. The number of rotatable bonds is 7. The third kappa shape index (κ3) is 5.61. The molecule has 0 radical (unpaired) electrons. The minimum Gasteiger partial charge on any atom is -0.490 e. The lowest BCUT2D eigenvalue weighted by Crippen LogP contribution is -2.28. The normalized spacial score (nSPS) is 10.4. The van der Waals surface area contributed by atoms with Gasteiger partial charge in [0.1, 0.15) is 12.4 Å². The van der Waals surface area contributed by atoms with Crippen LogP contribution >= 0.6 is 34.8 Å². The second kappa shape index (κ2) is 9.02. The topological polar surface area (TPSA) is 38.3 Å². The van der Waals surface area contributed by atoms with Gasteiger partial charge in [0.15, 0.2) is 0 Å². The summed E-state index contributed by atoms with van der Waals surface area (Å²) >= 11 is 18.1. The average Bonchev–Trinajstić information content (AvgIpc) is 2.52. The Bertz CT molecular complexity index is 656. The molecule has 2 aromatic carbocycles. The highest BCUT2D eigenvalue weighted by atomic mass is 35.5. The second-order valence-corrected chi connectivity index (χ2v) is 6.05. The van der Waals surface area contributed by atoms with Gasteiger partial charge in [0.05, 0.1) is 11.6 Å². The van der Waals surface area contributed by atoms with Crippen LogP contribution < -0.4 is 10.1 Å². The molecule has 6 heteroatoms. The van der Waals surface area contributed by atoms with Gasteiger partial charge in [-0.3, -0.25) is 4.79 Å². The number of nitrogens with one attached hydrogen (secondary N) is 1. The Morgan fingerprint density at radius 2 is 1.61 bits per heavy atom. The molecule has 1 N–H and O–H groups in total. The first-order chi connectivity index (χ1) is 11.1. The van der Waals surface area contributed by atoms with E-state index in [1.165, 1.54) is 0 Å². The van der Waals surface area contributed by atoms with Crippen molar-refractivity contribution in [2.75, 3.05) is 13.2 Å². The molecule has 0 aliphatic heterocycles. The maximum absolute atomic E-state index is 11.8. The zero-order valence-electron chi connectivity index (χ0n) is 12.3. The van der Waals surface area contributed by atoms with Crippen LogP contribution in [-0.4, -0.2) is 19.1 Å². The number of benzene rings is 2. The SMILES string of the molecule is O=C(CCc1c(Cl)cccc1Cl)NCCOc1ccccc1Cl. The van der Waals surface area contributed by atoms with E-state index in [9.17, 15) is 4.79 Å². The van der Waals surface area contributed by atoms with Gasteiger partial charge in [-0.1, -0.05) is 53.0 Å². The van der Waals surface area contributed by atoms with Gasteiger partial charge >= 0.3 is 0 Å². The molecule has 0 aliphatic rings. The van der Waals surface area contributed by atoms with E-state index in [0.29, 0.717) is 46.8 Å². The summed E-state index contributed by atoms with van der Waals surface area (Å²) in [6.07, 6.45) is 0.811. The number of para-hydroxylation sites is 1. The first-order valence-electron chi connectivity index (χ1n) is 7.15. The number of amides is 1. The van der Waals surface area contributed by atoms with Gasteiger partial charge in [-0.15, -0.1) is 0 Å². The van der Waals surface area contributed by atoms with Gasteiger partial charge in [0.2, 0.25) is 5.91 Å². The molecule has 0 heterocycles. The van der Waals surface area contributed by atoms with Crippen molar-refractivity contribution in [1.82, 2.24) is 5.32 Å². The Balaban J connectivity index is 1.71. The van der Waals surface area contributed by atoms with E-state index in [-0.39, 0.29) is 5.91 Å². The molecule has 0 saturated carbocycles. The fraction of sp³-hybridized carbons (Fsp3) is 0.235. The maximum Gasteiger partial charge on any atom is 0.220 e. The fourth-order valence-electron chi connectivity index (χ4n) is 2.01. The van der Waals surface area contributed by atoms with E-state index >= 15 is 0 Å². The van der Waals surface area contributed by atoms with Gasteiger partial charge in [-0.05, 0) is 36.2 Å². The highest BCUT2D eigenvalue weighted by Gasteiger charge is 2.08. The minimum absolute atomic E-state index is 0.0799. The third-order valence-corrected chi connectivity index (χ3v) is 4.20. The summed E-state index contributed by atoms with van der Waals surface area (Å²) < 4.78 is 5.50. The predicted molar refractivity (Wildman–Crippen MR) is 94.7 cm³/mol. The molecule has 0 saturated heterocycles. The summed E-state index contributed by atoms with van der Waals surface area (Å²) in [6.45, 7) is 0.753. The first-order valence-corrected chi connectivity index (χ1v) is 8.28. The van der Waals surface area contributed by atoms with Crippen molar-refractivity contribution < 1.29 is 9.53 Å². The van der Waals surface area contributed by atoms with Crippen molar-refractivity contribution in [3.05, 3.63) is 63.1 Å². The molecule has 0 unspecified atom stereocenters. The largest absolute Gasteiger partial charge is 0.490 e. The van der Waals surface area contributed by atoms with Crippen molar-refractivity contribution >= 4 is 40.7 Å². The smallest absolute Gasteiger partial charge is 0.220 e. The van der Waals surface area contributed by atoms with E-state index in [1.807, 2.05) is 12.1 Å². The Morgan fingerprint density at radius 1 is 0.957 bits per heavy atom. The Kier molecular flexibility index (Phi) is 7.03. The number of carbonyl (C=O) groups is 1. The van der Waals surface area contributed by atoms with Crippen molar-refractivity contribution in [2.45, 2.75) is 12.8 Å². The third-order valence-electron chi connectivity index (χ3n) is 3.18. The van der Waals surface area contributed by atoms with Crippen LogP contribution in [0.5, 0.6) is 5.75 Å². The monoisotopic (exact) mass is 371 g/mol. The zero-order valence-corrected chi connectivity index (χ0v) is 14.6. The number of ether oxygens (including phenoxy) is 1. The van der Waals surface area contributed by atoms with Crippen LogP contribution in [0.15, 0.2) is 42.5 Å². The number of hydrogen-bond donors (Lipinski definition) is 1. The summed E-state index contributed by atoms with van der Waals surface area (Å²) in [7, 11) is 0. The molecule has 0 aromatic heterocycles. The van der Waals surface area contributed by atoms with Gasteiger partial charge in [0, 0.05) is 16.5 Å². The van der Waals surface area contributed by atoms with Crippen LogP contribution in [0.25, 0.3) is 0 Å². The second-order valence-electron chi connectivity index (χ2n) is 4.83. The van der Waals surface area contributed by atoms with Crippen LogP contribution in [0.1, 0.15) is 12.0 Å². The Morgan fingerprint density at radius 3 is 2.30 bits per heavy atom. The van der Waals surface area contributed by atoms with Gasteiger partial charge in [-0.25, -0.2) is 0 Å². The van der Waals surface area contributed by atoms with Crippen molar-refractivity contribution in [1.29, 1.82) is 0 Å². The highest BCUT2D eigenvalue weighted by molar-refractivity contribution is 6.36. The fourth-order valence-corrected chi connectivity index (χ4v) is 2.79. The lowest BCUT2D eigenvalue weighted by molar-refractivity contribution is -0.121. The van der Waals surface area contributed by atoms with Gasteiger partial charge in [0.25, 0.3) is 0 Å². The van der Waals surface area contributed by atoms with E-state index in [4.69, 9.17) is 39.5 Å². The molecule has 0 atom stereocenters. The van der Waals surface area contributed by atoms with Crippen LogP contribution in [0.4, 0.5) is 0 Å². The van der Waals surface area contributed by atoms with E-state index in [0.717, 1.165) is 5.56 Å². The number of hydrogen-bond acceptors (Lipinski definition) is 2. The van der Waals surface area contributed by atoms with E-state index < -0.39 is 0 Å². The summed E-state index contributed by atoms with van der Waals surface area (Å²) in [6, 6.07) is 12.5. The molecule has 0 bridgehead atoms. The predicted octanol–water partition coefficient (Wildman–Crippen LogP) is 4.77. The molecular formula is C17H16Cl3NO2. The van der Waals surface area contributed by atoms with Crippen LogP contribution in [0.3, 0.4) is 0 Å². The van der Waals surface area contributed by atoms with E-state index in [1.54, 1.807) is 30.3 Å². The molecular weight excluding hydrogens is 357 g/mol. The van der Waals surface area contributed by atoms with Crippen molar-refractivity contribution in [3.63, 3.8) is 0 Å². The van der Waals surface area contributed by atoms with Crippen molar-refractivity contribution in [3.8, 4) is 5.75 Å². The lowest BCUT2D eigenvalue weighted by Gasteiger charge is -2.10. The Labute approximate surface area is 150 Å². The molecule has 23 heavy (non-hydrogen) atoms. The summed E-state index contributed by atoms with van der Waals surface area (Å²) in [5, 5.41) is 4.49. The summed E-state index contributed by atoms with van der Waals surface area (Å²) in [5.74, 6) is 0.523. The van der Waals surface area contributed by atoms with E-state index in [2.05, 4.69) is 5.32 Å². The molecule has 0 fully saturated rings. The Hall–Kier alpha value is -1.42. The molecule has 2 aromatic rings. The zero-order chi connectivity index (χ0) is 16.7. The number of carbonyl (C=O) groups excluding carboxylic acids is 1. The first kappa shape index (κ1) is 17.9. The summed E-state index contributed by atoms with van der Waals surface area (Å²) in [4.78, 5) is 11.8. The standard InChI is InChI=1S/C17H16Cl3NO2/c18-13-5-3-6-14(19)12(13)8-9-17(22)21-10-11-23-16-7-2-1-4-15(16)20/h1-7H,8-11H2,(H,21,22). The van der Waals surface area contributed by atoms with Crippen molar-refractivity contribution in [2.24, 2.45) is 0 Å². The summed E-state index contributed by atoms with van der Waals surface area (Å²) in [5.41, 5.74) is 0.790. The van der Waals surface area contributed by atoms with Gasteiger partial charge < -0.3 is 10.1 Å². The molecule has 0 aliphatic carbocycles. The van der Waals surface area contributed by atoms with Crippen LogP contribution in [0.2, 0.25) is 15.1 Å². The molecule has 2 rings (SSSR count). The minimum atomic E-state index is -0.0799. The van der Waals surface area contributed by atoms with Crippen LogP contribution in [-0.2, 0) is 11.2 Å².